The molecule has 4 atom stereocenters. The highest BCUT2D eigenvalue weighted by Crippen LogP contribution is 2.43. The Bertz CT molecular complexity index is 1240. The lowest BCUT2D eigenvalue weighted by molar-refractivity contribution is -0.129. The third kappa shape index (κ3) is 8.10. The summed E-state index contributed by atoms with van der Waals surface area (Å²) in [5, 5.41) is 7.76. The van der Waals surface area contributed by atoms with Crippen LogP contribution in [0.5, 0.6) is 0 Å². The Labute approximate surface area is 242 Å². The van der Waals surface area contributed by atoms with Gasteiger partial charge in [-0.05, 0) is 42.9 Å². The van der Waals surface area contributed by atoms with Crippen molar-refractivity contribution in [3.05, 3.63) is 71.5 Å². The molecule has 0 spiro atoms. The number of alkyl halides is 2. The summed E-state index contributed by atoms with van der Waals surface area (Å²) in [5.74, 6) is -5.86. The Morgan fingerprint density at radius 3 is 2.38 bits per heavy atom. The van der Waals surface area contributed by atoms with Crippen LogP contribution in [-0.4, -0.2) is 42.8 Å². The van der Waals surface area contributed by atoms with Gasteiger partial charge in [0.1, 0.15) is 18.1 Å². The summed E-state index contributed by atoms with van der Waals surface area (Å²) < 4.78 is 50.6. The van der Waals surface area contributed by atoms with Gasteiger partial charge in [0.2, 0.25) is 11.8 Å². The lowest BCUT2D eigenvalue weighted by Gasteiger charge is -2.30. The second kappa shape index (κ2) is 14.3. The molecule has 1 saturated carbocycles. The van der Waals surface area contributed by atoms with Crippen LogP contribution in [0.4, 0.5) is 18.0 Å². The lowest BCUT2D eigenvalue weighted by atomic mass is 9.84. The van der Waals surface area contributed by atoms with Gasteiger partial charge in [0, 0.05) is 18.0 Å². The number of hydrogen-bond donors (Lipinski definition) is 3. The molecule has 1 heterocycles. The number of halogens is 3. The van der Waals surface area contributed by atoms with Gasteiger partial charge in [0.15, 0.2) is 6.10 Å². The van der Waals surface area contributed by atoms with Gasteiger partial charge in [-0.2, -0.15) is 8.78 Å². The van der Waals surface area contributed by atoms with Gasteiger partial charge in [-0.1, -0.05) is 74.6 Å². The fourth-order valence-electron chi connectivity index (χ4n) is 5.71. The molecule has 11 heteroatoms. The van der Waals surface area contributed by atoms with Crippen molar-refractivity contribution in [2.45, 2.75) is 75.5 Å². The van der Waals surface area contributed by atoms with E-state index in [1.165, 1.54) is 24.3 Å². The lowest BCUT2D eigenvalue weighted by Crippen LogP contribution is -2.51. The Kier molecular flexibility index (Phi) is 10.6. The Morgan fingerprint density at radius 1 is 1.00 bits per heavy atom. The Hall–Kier alpha value is -3.89. The Morgan fingerprint density at radius 2 is 1.74 bits per heavy atom. The topological polar surface area (TPSA) is 114 Å². The number of carbonyl (C=O) groups is 4. The fraction of sp³-hybridized carbons (Fsp3) is 0.484. The van der Waals surface area contributed by atoms with E-state index in [-0.39, 0.29) is 30.2 Å². The van der Waals surface area contributed by atoms with Crippen molar-refractivity contribution in [3.63, 3.8) is 0 Å². The zero-order chi connectivity index (χ0) is 30.1. The quantitative estimate of drug-likeness (QED) is 0.305. The number of alkyl carbamates (subject to hydrolysis) is 1. The van der Waals surface area contributed by atoms with E-state index >= 15 is 8.78 Å². The molecule has 8 nitrogen and oxygen atoms in total. The third-order valence-corrected chi connectivity index (χ3v) is 7.96. The molecule has 1 aliphatic carbocycles. The number of benzene rings is 2. The molecule has 2 aromatic carbocycles. The zero-order valence-electron chi connectivity index (χ0n) is 23.2. The molecule has 0 aromatic heterocycles. The molecule has 42 heavy (non-hydrogen) atoms. The maximum atomic E-state index is 15.7. The highest BCUT2D eigenvalue weighted by molar-refractivity contribution is 5.88. The van der Waals surface area contributed by atoms with Crippen molar-refractivity contribution in [2.75, 3.05) is 6.54 Å². The molecule has 1 unspecified atom stereocenters. The third-order valence-electron chi connectivity index (χ3n) is 7.96. The highest BCUT2D eigenvalue weighted by atomic mass is 19.3. The maximum absolute atomic E-state index is 15.7. The average molecular weight is 588 g/mol. The van der Waals surface area contributed by atoms with Crippen molar-refractivity contribution in [2.24, 2.45) is 11.8 Å². The smallest absolute Gasteiger partial charge is 0.408 e. The van der Waals surface area contributed by atoms with Crippen LogP contribution in [0, 0.1) is 17.7 Å². The van der Waals surface area contributed by atoms with Crippen molar-refractivity contribution >= 4 is 24.2 Å². The van der Waals surface area contributed by atoms with Crippen molar-refractivity contribution in [1.29, 1.82) is 0 Å². The van der Waals surface area contributed by atoms with E-state index in [0.29, 0.717) is 25.3 Å². The molecule has 3 N–H and O–H groups in total. The van der Waals surface area contributed by atoms with Crippen LogP contribution >= 0.6 is 0 Å². The predicted octanol–water partition coefficient (Wildman–Crippen LogP) is 4.93. The van der Waals surface area contributed by atoms with Crippen LogP contribution in [0.15, 0.2) is 54.6 Å². The molecule has 2 fully saturated rings. The number of hydrogen-bond acceptors (Lipinski definition) is 5. The molecule has 226 valence electrons. The van der Waals surface area contributed by atoms with Crippen LogP contribution in [0.1, 0.15) is 68.6 Å². The van der Waals surface area contributed by atoms with Crippen molar-refractivity contribution < 1.29 is 37.1 Å². The number of aldehydes is 1. The van der Waals surface area contributed by atoms with Crippen molar-refractivity contribution in [3.8, 4) is 0 Å². The first kappa shape index (κ1) is 31.1. The summed E-state index contributed by atoms with van der Waals surface area (Å²) >= 11 is 0. The van der Waals surface area contributed by atoms with E-state index in [1.807, 2.05) is 0 Å². The van der Waals surface area contributed by atoms with Gasteiger partial charge in [-0.15, -0.1) is 0 Å². The van der Waals surface area contributed by atoms with Crippen LogP contribution in [0.3, 0.4) is 0 Å². The number of nitrogens with one attached hydrogen (secondary N) is 3. The second-order valence-corrected chi connectivity index (χ2v) is 11.0. The van der Waals surface area contributed by atoms with E-state index in [4.69, 9.17) is 4.74 Å². The van der Waals surface area contributed by atoms with Crippen LogP contribution in [-0.2, 0) is 25.0 Å². The molecule has 4 rings (SSSR count). The molecule has 1 aliphatic heterocycles. The van der Waals surface area contributed by atoms with Gasteiger partial charge >= 0.3 is 12.0 Å². The summed E-state index contributed by atoms with van der Waals surface area (Å²) in [6.07, 6.45) is 2.71. The predicted molar refractivity (Wildman–Crippen MR) is 148 cm³/mol. The normalized spacial score (nSPS) is 19.7. The number of carbonyl (C=O) groups excluding carboxylic acids is 4. The molecule has 2 aliphatic rings. The minimum atomic E-state index is -3.81. The Balaban J connectivity index is 1.52. The molecule has 3 amide bonds. The van der Waals surface area contributed by atoms with Gasteiger partial charge in [-0.25, -0.2) is 9.18 Å². The van der Waals surface area contributed by atoms with E-state index in [2.05, 4.69) is 16.0 Å². The number of ether oxygens (including phenoxy) is 1. The number of rotatable bonds is 12. The average Bonchev–Trinajstić information content (AvgIpc) is 3.39. The van der Waals surface area contributed by atoms with E-state index in [9.17, 15) is 23.6 Å². The standard InChI is InChI=1S/C31H36F3N3O5/c32-24-13-7-12-23(18-24)31(33,34)27(21-10-5-2-6-11-21)42-30(41)37-26(16-20-8-3-1-4-9-20)29(40)36-25(19-38)17-22-14-15-35-28(22)39/h2,5-7,10-13,18-20,22,25-27H,1,3-4,8-9,14-17H2,(H,35,39)(H,36,40)(H,37,41)/t22-,25-,26-,27?/m0/s1. The van der Waals surface area contributed by atoms with E-state index < -0.39 is 53.4 Å². The van der Waals surface area contributed by atoms with Crippen LogP contribution < -0.4 is 16.0 Å². The highest BCUT2D eigenvalue weighted by Gasteiger charge is 2.46. The second-order valence-electron chi connectivity index (χ2n) is 11.0. The molecule has 1 saturated heterocycles. The first-order valence-corrected chi connectivity index (χ1v) is 14.4. The zero-order valence-corrected chi connectivity index (χ0v) is 23.2. The van der Waals surface area contributed by atoms with E-state index in [0.717, 1.165) is 50.3 Å². The summed E-state index contributed by atoms with van der Waals surface area (Å²) in [6.45, 7) is 0.490. The molecular weight excluding hydrogens is 551 g/mol. The monoisotopic (exact) mass is 587 g/mol. The van der Waals surface area contributed by atoms with Crippen molar-refractivity contribution in [1.82, 2.24) is 16.0 Å². The first-order valence-electron chi connectivity index (χ1n) is 14.4. The van der Waals surface area contributed by atoms with Crippen LogP contribution in [0.25, 0.3) is 0 Å². The van der Waals surface area contributed by atoms with Crippen LogP contribution in [0.2, 0.25) is 0 Å². The number of amides is 3. The molecular formula is C31H36F3N3O5. The summed E-state index contributed by atoms with van der Waals surface area (Å²) in [4.78, 5) is 50.3. The molecule has 2 aromatic rings. The molecule has 0 bridgehead atoms. The minimum absolute atomic E-state index is 0.0222. The van der Waals surface area contributed by atoms with Gasteiger partial charge in [-0.3, -0.25) is 9.59 Å². The largest absolute Gasteiger partial charge is 0.434 e. The molecule has 0 radical (unpaired) electrons. The first-order chi connectivity index (χ1) is 20.2. The van der Waals surface area contributed by atoms with Gasteiger partial charge in [0.25, 0.3) is 0 Å². The SMILES string of the molecule is O=C[C@H](C[C@@H]1CCNC1=O)NC(=O)[C@H](CC1CCCCC1)NC(=O)OC(c1ccccc1)C(F)(F)c1cccc(F)c1. The maximum Gasteiger partial charge on any atom is 0.408 e. The van der Waals surface area contributed by atoms with Gasteiger partial charge < -0.3 is 25.5 Å². The minimum Gasteiger partial charge on any atom is -0.434 e. The summed E-state index contributed by atoms with van der Waals surface area (Å²) in [6, 6.07) is 9.13. The summed E-state index contributed by atoms with van der Waals surface area (Å²) in [7, 11) is 0. The van der Waals surface area contributed by atoms with Gasteiger partial charge in [0.05, 0.1) is 6.04 Å². The summed E-state index contributed by atoms with van der Waals surface area (Å²) in [5.41, 5.74) is -0.698. The van der Waals surface area contributed by atoms with E-state index in [1.54, 1.807) is 6.07 Å². The fourth-order valence-corrected chi connectivity index (χ4v) is 5.71.